The van der Waals surface area contributed by atoms with E-state index in [9.17, 15) is 0 Å². The Kier molecular flexibility index (Phi) is 6.41. The second-order valence-electron chi connectivity index (χ2n) is 9.32. The first-order valence-electron chi connectivity index (χ1n) is 13.0. The van der Waals surface area contributed by atoms with Crippen molar-refractivity contribution >= 4 is 7.85 Å². The van der Waals surface area contributed by atoms with Crippen LogP contribution in [0, 0.1) is 0 Å². The number of rotatable bonds is 7. The van der Waals surface area contributed by atoms with E-state index in [1.165, 1.54) is 5.56 Å². The van der Waals surface area contributed by atoms with Gasteiger partial charge in [-0.15, -0.1) is 5.10 Å². The van der Waals surface area contributed by atoms with Gasteiger partial charge >= 0.3 is 0 Å². The molecule has 0 fully saturated rings. The summed E-state index contributed by atoms with van der Waals surface area (Å²) in [4.78, 5) is 0. The Labute approximate surface area is 224 Å². The Morgan fingerprint density at radius 1 is 0.553 bits per heavy atom. The van der Waals surface area contributed by atoms with Gasteiger partial charge < -0.3 is 0 Å². The third-order valence-electron chi connectivity index (χ3n) is 7.20. The summed E-state index contributed by atoms with van der Waals surface area (Å²) in [5.74, 6) is 0.705. The highest BCUT2D eigenvalue weighted by atomic mass is 15.6. The van der Waals surface area contributed by atoms with Crippen LogP contribution in [-0.4, -0.2) is 28.1 Å². The first kappa shape index (κ1) is 23.6. The molecule has 4 nitrogen and oxygen atoms in total. The minimum absolute atomic E-state index is 0.705. The molecule has 5 heteroatoms. The van der Waals surface area contributed by atoms with Crippen molar-refractivity contribution in [3.05, 3.63) is 162 Å². The molecule has 1 aromatic heterocycles. The molecule has 0 unspecified atom stereocenters. The standard InChI is InChI=1S/C33H27BN4/c34-24-25-20-22-26(23-21-25)30-18-10-11-19-31(30)32-35-36-37-38(32)33(27-12-4-1-5-13-27,28-14-6-2-7-15-28)29-16-8-3-9-17-29/h1-23H,24,34H2. The summed E-state index contributed by atoms with van der Waals surface area (Å²) >= 11 is 0. The summed E-state index contributed by atoms with van der Waals surface area (Å²) in [5.41, 5.74) is 6.97. The number of hydrogen-bond donors (Lipinski definition) is 0. The zero-order valence-electron chi connectivity index (χ0n) is 21.3. The molecule has 6 aromatic rings. The van der Waals surface area contributed by atoms with E-state index >= 15 is 0 Å². The molecule has 0 bridgehead atoms. The van der Waals surface area contributed by atoms with E-state index in [-0.39, 0.29) is 0 Å². The Balaban J connectivity index is 1.66. The number of benzene rings is 5. The maximum absolute atomic E-state index is 4.71. The summed E-state index contributed by atoms with van der Waals surface area (Å²) in [5, 5.41) is 13.6. The fourth-order valence-corrected chi connectivity index (χ4v) is 5.34. The lowest BCUT2D eigenvalue weighted by atomic mass is 9.77. The average molecular weight is 490 g/mol. The number of nitrogens with zero attached hydrogens (tertiary/aromatic N) is 4. The van der Waals surface area contributed by atoms with E-state index in [1.54, 1.807) is 0 Å². The van der Waals surface area contributed by atoms with Gasteiger partial charge in [-0.05, 0) is 38.2 Å². The highest BCUT2D eigenvalue weighted by Crippen LogP contribution is 2.43. The van der Waals surface area contributed by atoms with Crippen molar-refractivity contribution in [2.45, 2.75) is 11.9 Å². The number of hydrogen-bond acceptors (Lipinski definition) is 3. The molecule has 0 saturated heterocycles. The minimum atomic E-state index is -0.790. The summed E-state index contributed by atoms with van der Waals surface area (Å²) in [6, 6.07) is 48.6. The molecule has 0 radical (unpaired) electrons. The van der Waals surface area contributed by atoms with Crippen molar-refractivity contribution < 1.29 is 0 Å². The van der Waals surface area contributed by atoms with Crippen LogP contribution in [-0.2, 0) is 11.9 Å². The maximum atomic E-state index is 4.71. The molecule has 0 amide bonds. The maximum Gasteiger partial charge on any atom is 0.184 e. The molecular formula is C33H27BN4. The van der Waals surface area contributed by atoms with Crippen LogP contribution in [0.25, 0.3) is 22.5 Å². The Hall–Kier alpha value is -4.77. The predicted octanol–water partition coefficient (Wildman–Crippen LogP) is 5.98. The molecule has 0 atom stereocenters. The molecule has 38 heavy (non-hydrogen) atoms. The second-order valence-corrected chi connectivity index (χ2v) is 9.32. The second kappa shape index (κ2) is 10.3. The van der Waals surface area contributed by atoms with Crippen LogP contribution in [0.15, 0.2) is 140 Å². The van der Waals surface area contributed by atoms with Gasteiger partial charge in [-0.3, -0.25) is 0 Å². The van der Waals surface area contributed by atoms with Crippen LogP contribution in [0.5, 0.6) is 0 Å². The van der Waals surface area contributed by atoms with Gasteiger partial charge in [0.15, 0.2) is 5.82 Å². The third-order valence-corrected chi connectivity index (χ3v) is 7.20. The smallest absolute Gasteiger partial charge is 0.184 e. The zero-order valence-corrected chi connectivity index (χ0v) is 21.3. The van der Waals surface area contributed by atoms with Crippen molar-refractivity contribution in [3.8, 4) is 22.5 Å². The molecule has 1 heterocycles. The molecule has 6 rings (SSSR count). The Morgan fingerprint density at radius 3 is 1.53 bits per heavy atom. The molecular weight excluding hydrogens is 463 g/mol. The van der Waals surface area contributed by atoms with Crippen molar-refractivity contribution in [2.75, 3.05) is 0 Å². The van der Waals surface area contributed by atoms with Crippen molar-refractivity contribution in [1.29, 1.82) is 0 Å². The van der Waals surface area contributed by atoms with Crippen LogP contribution < -0.4 is 0 Å². The summed E-state index contributed by atoms with van der Waals surface area (Å²) < 4.78 is 1.99. The predicted molar refractivity (Wildman–Crippen MR) is 156 cm³/mol. The van der Waals surface area contributed by atoms with Crippen LogP contribution in [0.3, 0.4) is 0 Å². The Morgan fingerprint density at radius 2 is 1.03 bits per heavy atom. The number of tetrazole rings is 1. The highest BCUT2D eigenvalue weighted by Gasteiger charge is 2.42. The van der Waals surface area contributed by atoms with Gasteiger partial charge in [-0.25, -0.2) is 4.68 Å². The van der Waals surface area contributed by atoms with E-state index < -0.39 is 5.54 Å². The first-order chi connectivity index (χ1) is 18.8. The molecule has 0 aliphatic carbocycles. The van der Waals surface area contributed by atoms with Gasteiger partial charge in [0.05, 0.1) is 0 Å². The summed E-state index contributed by atoms with van der Waals surface area (Å²) in [6.45, 7) is 0. The van der Waals surface area contributed by atoms with Crippen molar-refractivity contribution in [1.82, 2.24) is 20.2 Å². The third kappa shape index (κ3) is 4.02. The normalized spacial score (nSPS) is 11.4. The van der Waals surface area contributed by atoms with Gasteiger partial charge in [0, 0.05) is 5.56 Å². The van der Waals surface area contributed by atoms with Crippen molar-refractivity contribution in [3.63, 3.8) is 0 Å². The average Bonchev–Trinajstić information content (AvgIpc) is 3.49. The largest absolute Gasteiger partial charge is 0.205 e. The monoisotopic (exact) mass is 490 g/mol. The lowest BCUT2D eigenvalue weighted by molar-refractivity contribution is 0.451. The molecule has 0 spiro atoms. The highest BCUT2D eigenvalue weighted by molar-refractivity contribution is 6.08. The van der Waals surface area contributed by atoms with Crippen LogP contribution in [0.2, 0.25) is 0 Å². The van der Waals surface area contributed by atoms with E-state index in [0.717, 1.165) is 39.7 Å². The minimum Gasteiger partial charge on any atom is -0.205 e. The lowest BCUT2D eigenvalue weighted by Gasteiger charge is -2.36. The van der Waals surface area contributed by atoms with Crippen LogP contribution >= 0.6 is 0 Å². The van der Waals surface area contributed by atoms with Crippen LogP contribution in [0.1, 0.15) is 22.3 Å². The lowest BCUT2D eigenvalue weighted by Crippen LogP contribution is -2.39. The van der Waals surface area contributed by atoms with Gasteiger partial charge in [0.1, 0.15) is 13.4 Å². The molecule has 0 aliphatic heterocycles. The Bertz CT molecular complexity index is 1530. The molecule has 182 valence electrons. The molecule has 0 saturated carbocycles. The summed E-state index contributed by atoms with van der Waals surface area (Å²) in [6.07, 6.45) is 1.01. The van der Waals surface area contributed by atoms with Crippen LogP contribution in [0.4, 0.5) is 0 Å². The zero-order chi connectivity index (χ0) is 25.8. The molecule has 5 aromatic carbocycles. The van der Waals surface area contributed by atoms with Gasteiger partial charge in [0.25, 0.3) is 0 Å². The molecule has 0 aliphatic rings. The van der Waals surface area contributed by atoms with E-state index in [0.29, 0.717) is 5.82 Å². The van der Waals surface area contributed by atoms with E-state index in [4.69, 9.17) is 5.21 Å². The van der Waals surface area contributed by atoms with Gasteiger partial charge in [-0.2, -0.15) is 0 Å². The van der Waals surface area contributed by atoms with Gasteiger partial charge in [0.2, 0.25) is 0 Å². The van der Waals surface area contributed by atoms with Gasteiger partial charge in [-0.1, -0.05) is 151 Å². The fourth-order valence-electron chi connectivity index (χ4n) is 5.34. The van der Waals surface area contributed by atoms with E-state index in [1.807, 2.05) is 28.9 Å². The summed E-state index contributed by atoms with van der Waals surface area (Å²) in [7, 11) is 2.17. The first-order valence-corrected chi connectivity index (χ1v) is 13.0. The topological polar surface area (TPSA) is 43.6 Å². The fraction of sp³-hybridized carbons (Fsp3) is 0.0606. The molecule has 0 N–H and O–H groups in total. The van der Waals surface area contributed by atoms with E-state index in [2.05, 4.69) is 133 Å². The van der Waals surface area contributed by atoms with Crippen molar-refractivity contribution in [2.24, 2.45) is 0 Å². The quantitative estimate of drug-likeness (QED) is 0.204. The number of aromatic nitrogens is 4. The SMILES string of the molecule is BCc1ccc(-c2ccccc2-c2nnnn2C(c2ccccc2)(c2ccccc2)c2ccccc2)cc1.